The molecule has 1 rings (SSSR count). The molecule has 1 amide bonds. The predicted molar refractivity (Wildman–Crippen MR) is 71.6 cm³/mol. The zero-order valence-electron chi connectivity index (χ0n) is 11.4. The van der Waals surface area contributed by atoms with Crippen LogP contribution < -0.4 is 11.1 Å². The van der Waals surface area contributed by atoms with Crippen molar-refractivity contribution in [2.24, 2.45) is 11.1 Å². The standard InChI is InChI=1S/C14H26N2O/c1-14(2,3)12(15)13(17)16-10-9-11-7-5-4-6-8-11/h7,12H,4-6,8-10,15H2,1-3H3,(H,16,17)/t12-/m1/s1. The molecule has 0 spiro atoms. The Hall–Kier alpha value is -0.830. The van der Waals surface area contributed by atoms with Gasteiger partial charge in [-0.2, -0.15) is 0 Å². The number of hydrogen-bond acceptors (Lipinski definition) is 2. The summed E-state index contributed by atoms with van der Waals surface area (Å²) in [6, 6.07) is -0.428. The molecule has 1 aliphatic rings. The van der Waals surface area contributed by atoms with E-state index >= 15 is 0 Å². The first-order valence-corrected chi connectivity index (χ1v) is 6.62. The molecule has 1 atom stereocenters. The summed E-state index contributed by atoms with van der Waals surface area (Å²) >= 11 is 0. The highest BCUT2D eigenvalue weighted by Gasteiger charge is 2.26. The number of amides is 1. The van der Waals surface area contributed by atoms with Gasteiger partial charge in [-0.3, -0.25) is 4.79 Å². The molecule has 0 aromatic carbocycles. The Balaban J connectivity index is 2.26. The zero-order chi connectivity index (χ0) is 12.9. The van der Waals surface area contributed by atoms with Crippen molar-refractivity contribution < 1.29 is 4.79 Å². The maximum atomic E-state index is 11.8. The van der Waals surface area contributed by atoms with E-state index in [0.29, 0.717) is 6.54 Å². The normalized spacial score (nSPS) is 18.5. The van der Waals surface area contributed by atoms with Crippen molar-refractivity contribution in [1.29, 1.82) is 0 Å². The van der Waals surface area contributed by atoms with Gasteiger partial charge in [0.2, 0.25) is 5.91 Å². The molecule has 98 valence electrons. The molecule has 0 unspecified atom stereocenters. The third-order valence-corrected chi connectivity index (χ3v) is 3.35. The molecule has 0 bridgehead atoms. The number of allylic oxidation sites excluding steroid dienone is 1. The molecule has 1 aliphatic carbocycles. The van der Waals surface area contributed by atoms with Crippen LogP contribution in [0.25, 0.3) is 0 Å². The molecule has 3 nitrogen and oxygen atoms in total. The van der Waals surface area contributed by atoms with Crippen molar-refractivity contribution in [3.63, 3.8) is 0 Å². The van der Waals surface area contributed by atoms with Gasteiger partial charge in [0.1, 0.15) is 0 Å². The summed E-state index contributed by atoms with van der Waals surface area (Å²) in [7, 11) is 0. The lowest BCUT2D eigenvalue weighted by molar-refractivity contribution is -0.124. The summed E-state index contributed by atoms with van der Waals surface area (Å²) in [6.07, 6.45) is 8.29. The quantitative estimate of drug-likeness (QED) is 0.739. The Morgan fingerprint density at radius 1 is 1.47 bits per heavy atom. The van der Waals surface area contributed by atoms with Crippen LogP contribution in [0.2, 0.25) is 0 Å². The van der Waals surface area contributed by atoms with E-state index in [-0.39, 0.29) is 11.3 Å². The van der Waals surface area contributed by atoms with Crippen LogP contribution in [0.4, 0.5) is 0 Å². The van der Waals surface area contributed by atoms with Crippen molar-refractivity contribution in [3.8, 4) is 0 Å². The molecule has 0 fully saturated rings. The van der Waals surface area contributed by atoms with E-state index in [0.717, 1.165) is 6.42 Å². The zero-order valence-corrected chi connectivity index (χ0v) is 11.4. The number of nitrogens with one attached hydrogen (secondary N) is 1. The van der Waals surface area contributed by atoms with Crippen LogP contribution in [0, 0.1) is 5.41 Å². The van der Waals surface area contributed by atoms with E-state index in [9.17, 15) is 4.79 Å². The number of nitrogens with two attached hydrogens (primary N) is 1. The van der Waals surface area contributed by atoms with Gasteiger partial charge in [0.25, 0.3) is 0 Å². The topological polar surface area (TPSA) is 55.1 Å². The Kier molecular flexibility index (Phi) is 5.19. The van der Waals surface area contributed by atoms with Gasteiger partial charge in [-0.05, 0) is 37.5 Å². The van der Waals surface area contributed by atoms with Crippen LogP contribution in [0.5, 0.6) is 0 Å². The first-order chi connectivity index (χ1) is 7.91. The van der Waals surface area contributed by atoms with Gasteiger partial charge >= 0.3 is 0 Å². The fraction of sp³-hybridized carbons (Fsp3) is 0.786. The predicted octanol–water partition coefficient (Wildman–Crippen LogP) is 2.37. The highest BCUT2D eigenvalue weighted by atomic mass is 16.2. The monoisotopic (exact) mass is 238 g/mol. The van der Waals surface area contributed by atoms with Crippen LogP contribution >= 0.6 is 0 Å². The summed E-state index contributed by atoms with van der Waals surface area (Å²) < 4.78 is 0. The number of rotatable bonds is 4. The second kappa shape index (κ2) is 6.20. The van der Waals surface area contributed by atoms with Gasteiger partial charge in [-0.25, -0.2) is 0 Å². The maximum absolute atomic E-state index is 11.8. The molecular formula is C14H26N2O. The van der Waals surface area contributed by atoms with Crippen LogP contribution in [-0.2, 0) is 4.79 Å². The molecule has 0 aliphatic heterocycles. The van der Waals surface area contributed by atoms with Crippen molar-refractivity contribution in [2.75, 3.05) is 6.54 Å². The average Bonchev–Trinajstić information content (AvgIpc) is 2.28. The summed E-state index contributed by atoms with van der Waals surface area (Å²) in [5.41, 5.74) is 7.20. The minimum atomic E-state index is -0.428. The van der Waals surface area contributed by atoms with Crippen LogP contribution in [-0.4, -0.2) is 18.5 Å². The van der Waals surface area contributed by atoms with E-state index in [4.69, 9.17) is 5.73 Å². The van der Waals surface area contributed by atoms with E-state index in [1.807, 2.05) is 20.8 Å². The fourth-order valence-electron chi connectivity index (χ4n) is 1.98. The van der Waals surface area contributed by atoms with E-state index in [1.54, 1.807) is 0 Å². The molecule has 0 saturated carbocycles. The summed E-state index contributed by atoms with van der Waals surface area (Å²) in [6.45, 7) is 6.68. The average molecular weight is 238 g/mol. The van der Waals surface area contributed by atoms with Gasteiger partial charge in [-0.15, -0.1) is 0 Å². The van der Waals surface area contributed by atoms with Crippen molar-refractivity contribution in [3.05, 3.63) is 11.6 Å². The van der Waals surface area contributed by atoms with Crippen LogP contribution in [0.3, 0.4) is 0 Å². The van der Waals surface area contributed by atoms with Crippen LogP contribution in [0.1, 0.15) is 52.9 Å². The minimum Gasteiger partial charge on any atom is -0.354 e. The van der Waals surface area contributed by atoms with Crippen molar-refractivity contribution in [2.45, 2.75) is 58.9 Å². The van der Waals surface area contributed by atoms with Gasteiger partial charge < -0.3 is 11.1 Å². The first kappa shape index (κ1) is 14.2. The number of hydrogen-bond donors (Lipinski definition) is 2. The highest BCUT2D eigenvalue weighted by Crippen LogP contribution is 2.20. The molecule has 0 saturated heterocycles. The smallest absolute Gasteiger partial charge is 0.237 e. The molecule has 0 aromatic rings. The third-order valence-electron chi connectivity index (χ3n) is 3.35. The van der Waals surface area contributed by atoms with Crippen molar-refractivity contribution >= 4 is 5.91 Å². The number of carbonyl (C=O) groups is 1. The summed E-state index contributed by atoms with van der Waals surface area (Å²) in [4.78, 5) is 11.8. The fourth-order valence-corrected chi connectivity index (χ4v) is 1.98. The first-order valence-electron chi connectivity index (χ1n) is 6.62. The molecule has 3 heteroatoms. The lowest BCUT2D eigenvalue weighted by atomic mass is 9.87. The molecule has 0 aromatic heterocycles. The summed E-state index contributed by atoms with van der Waals surface area (Å²) in [5.74, 6) is -0.0334. The van der Waals surface area contributed by atoms with E-state index < -0.39 is 6.04 Å². The third kappa shape index (κ3) is 4.90. The molecule has 17 heavy (non-hydrogen) atoms. The SMILES string of the molecule is CC(C)(C)[C@H](N)C(=O)NCCC1=CCCCC1. The molecule has 0 heterocycles. The largest absolute Gasteiger partial charge is 0.354 e. The van der Waals surface area contributed by atoms with Crippen LogP contribution in [0.15, 0.2) is 11.6 Å². The molecular weight excluding hydrogens is 212 g/mol. The highest BCUT2D eigenvalue weighted by molar-refractivity contribution is 5.82. The van der Waals surface area contributed by atoms with Gasteiger partial charge in [0.15, 0.2) is 0 Å². The Labute approximate surface area is 105 Å². The number of carbonyl (C=O) groups excluding carboxylic acids is 1. The maximum Gasteiger partial charge on any atom is 0.237 e. The van der Waals surface area contributed by atoms with Gasteiger partial charge in [0.05, 0.1) is 6.04 Å². The van der Waals surface area contributed by atoms with Crippen molar-refractivity contribution in [1.82, 2.24) is 5.32 Å². The lowest BCUT2D eigenvalue weighted by Gasteiger charge is -2.26. The van der Waals surface area contributed by atoms with E-state index in [2.05, 4.69) is 11.4 Å². The minimum absolute atomic E-state index is 0.0334. The summed E-state index contributed by atoms with van der Waals surface area (Å²) in [5, 5.41) is 2.93. The van der Waals surface area contributed by atoms with E-state index in [1.165, 1.54) is 31.3 Å². The Bertz CT molecular complexity index is 289. The second-order valence-corrected chi connectivity index (χ2v) is 5.99. The Morgan fingerprint density at radius 2 is 2.18 bits per heavy atom. The lowest BCUT2D eigenvalue weighted by Crippen LogP contribution is -2.48. The van der Waals surface area contributed by atoms with Gasteiger partial charge in [-0.1, -0.05) is 32.4 Å². The molecule has 3 N–H and O–H groups in total. The Morgan fingerprint density at radius 3 is 2.71 bits per heavy atom. The molecule has 0 radical (unpaired) electrons. The van der Waals surface area contributed by atoms with Gasteiger partial charge in [0, 0.05) is 6.54 Å². The second-order valence-electron chi connectivity index (χ2n) is 5.99.